The lowest BCUT2D eigenvalue weighted by molar-refractivity contribution is -0.152. The Morgan fingerprint density at radius 3 is 2.24 bits per heavy atom. The SMILES string of the molecule is CCCC(C(=O)C(=O)N[C@H](C)c1ccccc1)N1C[C@H](F)[C@H]2CN(C(=O)[C@@H](NC(=O)OC(C)C)C(C)C)[C@H](C1=O)[C@H]2C. The number of amides is 4. The van der Waals surface area contributed by atoms with E-state index in [1.165, 1.54) is 4.90 Å². The molecule has 2 aliphatic rings. The number of nitrogens with one attached hydrogen (secondary N) is 2. The Hall–Kier alpha value is -3.50. The van der Waals surface area contributed by atoms with Gasteiger partial charge in [-0.25, -0.2) is 9.18 Å². The second kappa shape index (κ2) is 14.1. The normalized spacial score (nSPS) is 24.2. The van der Waals surface area contributed by atoms with E-state index in [0.717, 1.165) is 10.5 Å². The van der Waals surface area contributed by atoms with Crippen LogP contribution in [0.5, 0.6) is 0 Å². The first kappa shape index (κ1) is 33.0. The molecule has 1 aromatic rings. The van der Waals surface area contributed by atoms with Crippen LogP contribution in [0.25, 0.3) is 0 Å². The summed E-state index contributed by atoms with van der Waals surface area (Å²) in [4.78, 5) is 69.3. The molecular formula is C31H45FN4O6. The molecule has 0 saturated carbocycles. The molecule has 2 heterocycles. The van der Waals surface area contributed by atoms with E-state index in [2.05, 4.69) is 10.6 Å². The number of ketones is 1. The Labute approximate surface area is 247 Å². The van der Waals surface area contributed by atoms with E-state index in [0.29, 0.717) is 6.42 Å². The first-order valence-corrected chi connectivity index (χ1v) is 14.9. The number of ether oxygens (including phenoxy) is 1. The van der Waals surface area contributed by atoms with Gasteiger partial charge in [0.2, 0.25) is 17.6 Å². The summed E-state index contributed by atoms with van der Waals surface area (Å²) < 4.78 is 21.0. The molecule has 4 amide bonds. The second-order valence-corrected chi connectivity index (χ2v) is 12.1. The Balaban J connectivity index is 1.87. The lowest BCUT2D eigenvalue weighted by Crippen LogP contribution is -2.60. The first-order chi connectivity index (χ1) is 19.8. The third-order valence-electron chi connectivity index (χ3n) is 8.23. The molecule has 2 bridgehead atoms. The Morgan fingerprint density at radius 2 is 1.67 bits per heavy atom. The number of likely N-dealkylation sites (tertiary alicyclic amines) is 2. The van der Waals surface area contributed by atoms with Gasteiger partial charge >= 0.3 is 6.09 Å². The predicted octanol–water partition coefficient (Wildman–Crippen LogP) is 3.40. The van der Waals surface area contributed by atoms with E-state index < -0.39 is 77.9 Å². The van der Waals surface area contributed by atoms with Crippen LogP contribution < -0.4 is 10.6 Å². The highest BCUT2D eigenvalue weighted by Gasteiger charge is 2.55. The monoisotopic (exact) mass is 588 g/mol. The van der Waals surface area contributed by atoms with Crippen LogP contribution >= 0.6 is 0 Å². The van der Waals surface area contributed by atoms with Gasteiger partial charge < -0.3 is 25.2 Å². The maximum atomic E-state index is 15.8. The summed E-state index contributed by atoms with van der Waals surface area (Å²) in [6.45, 7) is 11.9. The Morgan fingerprint density at radius 1 is 1.02 bits per heavy atom. The molecule has 42 heavy (non-hydrogen) atoms. The maximum Gasteiger partial charge on any atom is 0.408 e. The van der Waals surface area contributed by atoms with Gasteiger partial charge in [0.25, 0.3) is 5.91 Å². The number of nitrogens with zero attached hydrogens (tertiary/aromatic N) is 2. The minimum atomic E-state index is -1.51. The fraction of sp³-hybridized carbons (Fsp3) is 0.645. The Bertz CT molecular complexity index is 1150. The van der Waals surface area contributed by atoms with Crippen LogP contribution in [0.4, 0.5) is 9.18 Å². The van der Waals surface area contributed by atoms with Gasteiger partial charge in [-0.05, 0) is 44.6 Å². The number of hydrogen-bond donors (Lipinski definition) is 2. The number of alkyl halides is 1. The van der Waals surface area contributed by atoms with Crippen molar-refractivity contribution in [1.29, 1.82) is 0 Å². The number of benzene rings is 1. The minimum Gasteiger partial charge on any atom is -0.447 e. The number of hydrogen-bond acceptors (Lipinski definition) is 6. The van der Waals surface area contributed by atoms with E-state index >= 15 is 4.39 Å². The molecule has 1 unspecified atom stereocenters. The summed E-state index contributed by atoms with van der Waals surface area (Å²) in [5, 5.41) is 5.31. The molecule has 2 fully saturated rings. The molecule has 10 nitrogen and oxygen atoms in total. The van der Waals surface area contributed by atoms with E-state index in [-0.39, 0.29) is 25.4 Å². The molecule has 2 saturated heterocycles. The molecule has 7 atom stereocenters. The summed E-state index contributed by atoms with van der Waals surface area (Å²) in [6.07, 6.45) is -2.03. The zero-order chi connectivity index (χ0) is 31.3. The molecule has 3 rings (SSSR count). The number of carbonyl (C=O) groups is 5. The third kappa shape index (κ3) is 7.28. The largest absolute Gasteiger partial charge is 0.447 e. The Kier molecular flexibility index (Phi) is 11.1. The van der Waals surface area contributed by atoms with Gasteiger partial charge in [0.15, 0.2) is 0 Å². The van der Waals surface area contributed by atoms with Crippen LogP contribution in [0.2, 0.25) is 0 Å². The number of rotatable bonds is 11. The highest BCUT2D eigenvalue weighted by atomic mass is 19.1. The van der Waals surface area contributed by atoms with Crippen LogP contribution in [0.3, 0.4) is 0 Å². The van der Waals surface area contributed by atoms with Crippen LogP contribution in [-0.2, 0) is 23.9 Å². The van der Waals surface area contributed by atoms with Gasteiger partial charge in [0, 0.05) is 12.5 Å². The molecule has 2 N–H and O–H groups in total. The van der Waals surface area contributed by atoms with Gasteiger partial charge in [-0.1, -0.05) is 64.4 Å². The number of Topliss-reactive ketones (excluding diaryl/α,β-unsaturated/α-hetero) is 1. The van der Waals surface area contributed by atoms with E-state index in [1.54, 1.807) is 41.5 Å². The first-order valence-electron chi connectivity index (χ1n) is 14.9. The highest BCUT2D eigenvalue weighted by Crippen LogP contribution is 2.39. The van der Waals surface area contributed by atoms with Crippen molar-refractivity contribution in [3.63, 3.8) is 0 Å². The van der Waals surface area contributed by atoms with Crippen molar-refractivity contribution in [1.82, 2.24) is 20.4 Å². The highest BCUT2D eigenvalue weighted by molar-refractivity contribution is 6.38. The van der Waals surface area contributed by atoms with E-state index in [9.17, 15) is 24.0 Å². The average Bonchev–Trinajstić information content (AvgIpc) is 3.25. The molecule has 0 radical (unpaired) electrons. The summed E-state index contributed by atoms with van der Waals surface area (Å²) in [6, 6.07) is 5.50. The van der Waals surface area contributed by atoms with E-state index in [1.807, 2.05) is 37.3 Å². The van der Waals surface area contributed by atoms with Gasteiger partial charge in [-0.3, -0.25) is 19.2 Å². The van der Waals surface area contributed by atoms with Crippen molar-refractivity contribution in [3.05, 3.63) is 35.9 Å². The topological polar surface area (TPSA) is 125 Å². The number of carbonyl (C=O) groups excluding carboxylic acids is 5. The molecule has 0 spiro atoms. The van der Waals surface area contributed by atoms with Crippen molar-refractivity contribution in [2.45, 2.75) is 97.8 Å². The molecule has 0 aromatic heterocycles. The summed E-state index contributed by atoms with van der Waals surface area (Å²) in [7, 11) is 0. The molecule has 0 aliphatic carbocycles. The smallest absolute Gasteiger partial charge is 0.408 e. The quantitative estimate of drug-likeness (QED) is 0.382. The fourth-order valence-electron chi connectivity index (χ4n) is 5.93. The van der Waals surface area contributed by atoms with Crippen LogP contribution in [0.15, 0.2) is 30.3 Å². The molecular weight excluding hydrogens is 543 g/mol. The maximum absolute atomic E-state index is 15.8. The molecule has 1 aromatic carbocycles. The van der Waals surface area contributed by atoms with Gasteiger partial charge in [0.1, 0.15) is 24.3 Å². The third-order valence-corrected chi connectivity index (χ3v) is 8.23. The molecule has 2 aliphatic heterocycles. The number of alkyl carbamates (subject to hydrolysis) is 1. The van der Waals surface area contributed by atoms with Crippen molar-refractivity contribution in [2.24, 2.45) is 17.8 Å². The predicted molar refractivity (Wildman–Crippen MR) is 155 cm³/mol. The average molecular weight is 589 g/mol. The second-order valence-electron chi connectivity index (χ2n) is 12.1. The van der Waals surface area contributed by atoms with Gasteiger partial charge in [-0.2, -0.15) is 0 Å². The lowest BCUT2D eigenvalue weighted by Gasteiger charge is -2.38. The zero-order valence-electron chi connectivity index (χ0n) is 25.6. The van der Waals surface area contributed by atoms with Crippen molar-refractivity contribution in [2.75, 3.05) is 13.1 Å². The van der Waals surface area contributed by atoms with Gasteiger partial charge in [-0.15, -0.1) is 0 Å². The fourth-order valence-corrected chi connectivity index (χ4v) is 5.93. The molecule has 232 valence electrons. The molecule has 11 heteroatoms. The van der Waals surface area contributed by atoms with Crippen molar-refractivity contribution in [3.8, 4) is 0 Å². The summed E-state index contributed by atoms with van der Waals surface area (Å²) in [5.41, 5.74) is 0.811. The zero-order valence-corrected chi connectivity index (χ0v) is 25.6. The van der Waals surface area contributed by atoms with Crippen molar-refractivity contribution < 1.29 is 33.1 Å². The number of fused-ring (bicyclic) bond motifs is 2. The minimum absolute atomic E-state index is 0.0109. The van der Waals surface area contributed by atoms with Crippen LogP contribution in [-0.4, -0.2) is 82.9 Å². The van der Waals surface area contributed by atoms with Crippen molar-refractivity contribution >= 4 is 29.6 Å². The summed E-state index contributed by atoms with van der Waals surface area (Å²) in [5.74, 6) is -4.26. The van der Waals surface area contributed by atoms with Gasteiger partial charge in [0.05, 0.1) is 18.7 Å². The van der Waals surface area contributed by atoms with E-state index in [4.69, 9.17) is 4.74 Å². The van der Waals surface area contributed by atoms with Crippen LogP contribution in [0.1, 0.15) is 72.9 Å². The number of halogens is 1. The standard InChI is InChI=1S/C31H45FN4O6/c1-8-12-24(27(37)28(38)33-20(7)21-13-10-9-11-14-21)35-16-23(32)22-15-36(26(19(22)6)30(35)40)29(39)25(17(2)3)34-31(41)42-18(4)5/h9-11,13-14,17-20,22-26H,8,12,15-16H2,1-7H3,(H,33,38)(H,34,41)/t19-,20+,22-,23-,24?,25-,26-/m0/s1. The lowest BCUT2D eigenvalue weighted by atomic mass is 9.90. The van der Waals surface area contributed by atoms with Crippen LogP contribution in [0, 0.1) is 17.8 Å². The summed E-state index contributed by atoms with van der Waals surface area (Å²) >= 11 is 0.